The van der Waals surface area contributed by atoms with Crippen molar-refractivity contribution in [3.8, 4) is 0 Å². The molecule has 3 N–H and O–H groups in total. The lowest BCUT2D eigenvalue weighted by Gasteiger charge is -2.30. The van der Waals surface area contributed by atoms with Gasteiger partial charge < -0.3 is 20.7 Å². The second-order valence-corrected chi connectivity index (χ2v) is 7.27. The van der Waals surface area contributed by atoms with Crippen molar-refractivity contribution in [2.75, 3.05) is 33.9 Å². The molecular weight excluding hydrogens is 467 g/mol. The molecule has 0 bridgehead atoms. The number of ether oxygens (including phenoxy) is 1. The lowest BCUT2D eigenvalue weighted by atomic mass is 9.83. The first-order valence-electron chi connectivity index (χ1n) is 9.94. The van der Waals surface area contributed by atoms with Crippen LogP contribution < -0.4 is 16.0 Å². The van der Waals surface area contributed by atoms with Crippen LogP contribution in [-0.4, -0.2) is 45.7 Å². The highest BCUT2D eigenvalue weighted by atomic mass is 127. The highest BCUT2D eigenvalue weighted by Crippen LogP contribution is 2.40. The number of nitrogens with zero attached hydrogens (tertiary/aromatic N) is 1. The number of nitrogens with one attached hydrogen (secondary N) is 3. The fraction of sp³-hybridized carbons (Fsp3) is 0.619. The van der Waals surface area contributed by atoms with Crippen molar-refractivity contribution in [1.29, 1.82) is 0 Å². The molecule has 1 saturated carbocycles. The van der Waals surface area contributed by atoms with E-state index in [2.05, 4.69) is 22.9 Å². The lowest BCUT2D eigenvalue weighted by Crippen LogP contribution is -2.43. The lowest BCUT2D eigenvalue weighted by molar-refractivity contribution is 0.0963. The summed E-state index contributed by atoms with van der Waals surface area (Å²) in [6.07, 6.45) is 6.21. The molecule has 7 heteroatoms. The molecule has 158 valence electrons. The van der Waals surface area contributed by atoms with Crippen molar-refractivity contribution in [3.63, 3.8) is 0 Å². The quantitative estimate of drug-likeness (QED) is 0.275. The van der Waals surface area contributed by atoms with Crippen LogP contribution in [0.3, 0.4) is 0 Å². The number of carbonyl (C=O) groups excluding carboxylic acids is 1. The minimum absolute atomic E-state index is 0. The summed E-state index contributed by atoms with van der Waals surface area (Å²) in [7, 11) is 3.41. The van der Waals surface area contributed by atoms with Gasteiger partial charge in [-0.15, -0.1) is 24.0 Å². The summed E-state index contributed by atoms with van der Waals surface area (Å²) in [4.78, 5) is 16.3. The van der Waals surface area contributed by atoms with E-state index in [0.29, 0.717) is 17.5 Å². The molecule has 0 aliphatic heterocycles. The van der Waals surface area contributed by atoms with Crippen LogP contribution >= 0.6 is 24.0 Å². The minimum atomic E-state index is -0.0713. The van der Waals surface area contributed by atoms with Crippen molar-refractivity contribution >= 4 is 35.8 Å². The third kappa shape index (κ3) is 7.58. The Kier molecular flexibility index (Phi) is 11.4. The number of benzene rings is 1. The maximum atomic E-state index is 11.6. The average molecular weight is 502 g/mol. The van der Waals surface area contributed by atoms with Crippen LogP contribution in [0.15, 0.2) is 29.3 Å². The van der Waals surface area contributed by atoms with Crippen molar-refractivity contribution in [2.24, 2.45) is 10.4 Å². The Morgan fingerprint density at radius 2 is 1.86 bits per heavy atom. The number of halogens is 1. The first kappa shape index (κ1) is 24.7. The van der Waals surface area contributed by atoms with Crippen molar-refractivity contribution in [1.82, 2.24) is 16.0 Å². The molecule has 0 atom stereocenters. The molecule has 1 aromatic carbocycles. The van der Waals surface area contributed by atoms with E-state index in [1.165, 1.54) is 25.7 Å². The van der Waals surface area contributed by atoms with E-state index in [-0.39, 0.29) is 29.9 Å². The monoisotopic (exact) mass is 502 g/mol. The number of methoxy groups -OCH3 is 1. The molecule has 1 aliphatic carbocycles. The maximum absolute atomic E-state index is 11.6. The van der Waals surface area contributed by atoms with E-state index in [1.807, 2.05) is 24.3 Å². The topological polar surface area (TPSA) is 74.8 Å². The zero-order valence-corrected chi connectivity index (χ0v) is 19.7. The fourth-order valence-corrected chi connectivity index (χ4v) is 3.65. The molecule has 0 aromatic heterocycles. The number of amides is 1. The van der Waals surface area contributed by atoms with Gasteiger partial charge in [-0.3, -0.25) is 4.79 Å². The zero-order chi connectivity index (χ0) is 19.5. The molecule has 1 aliphatic rings. The Balaban J connectivity index is 0.00000392. The molecule has 28 heavy (non-hydrogen) atoms. The van der Waals surface area contributed by atoms with Crippen LogP contribution in [-0.2, 0) is 11.3 Å². The van der Waals surface area contributed by atoms with Gasteiger partial charge in [0, 0.05) is 39.4 Å². The van der Waals surface area contributed by atoms with Crippen LogP contribution in [0.25, 0.3) is 0 Å². The fourth-order valence-electron chi connectivity index (χ4n) is 3.65. The predicted molar refractivity (Wildman–Crippen MR) is 125 cm³/mol. The van der Waals surface area contributed by atoms with Gasteiger partial charge in [-0.05, 0) is 49.3 Å². The molecule has 2 rings (SSSR count). The molecule has 1 aromatic rings. The number of hydrogen-bond acceptors (Lipinski definition) is 3. The van der Waals surface area contributed by atoms with Gasteiger partial charge >= 0.3 is 0 Å². The van der Waals surface area contributed by atoms with Gasteiger partial charge in [0.05, 0.1) is 6.54 Å². The van der Waals surface area contributed by atoms with Crippen LogP contribution in [0.2, 0.25) is 0 Å². The molecule has 6 nitrogen and oxygen atoms in total. The second kappa shape index (κ2) is 13.0. The summed E-state index contributed by atoms with van der Waals surface area (Å²) in [5.41, 5.74) is 2.06. The zero-order valence-electron chi connectivity index (χ0n) is 17.3. The van der Waals surface area contributed by atoms with Gasteiger partial charge in [-0.25, -0.2) is 4.99 Å². The van der Waals surface area contributed by atoms with Crippen LogP contribution in [0.5, 0.6) is 0 Å². The number of aliphatic imine (C=N–C) groups is 1. The Hall–Kier alpha value is -1.35. The number of hydrogen-bond donors (Lipinski definition) is 3. The van der Waals surface area contributed by atoms with Crippen molar-refractivity contribution in [3.05, 3.63) is 35.4 Å². The summed E-state index contributed by atoms with van der Waals surface area (Å²) in [5, 5.41) is 9.51. The van der Waals surface area contributed by atoms with Gasteiger partial charge in [0.1, 0.15) is 0 Å². The molecule has 1 amide bonds. The van der Waals surface area contributed by atoms with E-state index in [4.69, 9.17) is 9.73 Å². The largest absolute Gasteiger partial charge is 0.385 e. The molecule has 0 heterocycles. The standard InChI is InChI=1S/C21H34N4O2.HI/c1-4-23-20(25-16-21(13-14-27-3)11-5-6-12-21)24-15-17-7-9-18(10-8-17)19(26)22-2;/h7-10H,4-6,11-16H2,1-3H3,(H,22,26)(H2,23,24,25);1H. The summed E-state index contributed by atoms with van der Waals surface area (Å²) >= 11 is 0. The maximum Gasteiger partial charge on any atom is 0.251 e. The van der Waals surface area contributed by atoms with Crippen molar-refractivity contribution < 1.29 is 9.53 Å². The predicted octanol–water partition coefficient (Wildman–Crippen LogP) is 3.32. The first-order chi connectivity index (χ1) is 13.1. The summed E-state index contributed by atoms with van der Waals surface area (Å²) in [6.45, 7) is 5.22. The molecule has 0 unspecified atom stereocenters. The summed E-state index contributed by atoms with van der Waals surface area (Å²) in [6, 6.07) is 7.58. The van der Waals surface area contributed by atoms with Gasteiger partial charge in [0.2, 0.25) is 0 Å². The van der Waals surface area contributed by atoms with Crippen LogP contribution in [0, 0.1) is 5.41 Å². The Morgan fingerprint density at radius 1 is 1.18 bits per heavy atom. The SMILES string of the molecule is CCNC(=NCc1ccc(C(=O)NC)cc1)NCC1(CCOC)CCCC1.I. The van der Waals surface area contributed by atoms with Gasteiger partial charge in [0.25, 0.3) is 5.91 Å². The molecule has 0 radical (unpaired) electrons. The molecular formula is C21H35IN4O2. The van der Waals surface area contributed by atoms with Gasteiger partial charge in [-0.1, -0.05) is 25.0 Å². The third-order valence-corrected chi connectivity index (χ3v) is 5.34. The second-order valence-electron chi connectivity index (χ2n) is 7.27. The molecule has 0 spiro atoms. The number of rotatable bonds is 9. The van der Waals surface area contributed by atoms with E-state index < -0.39 is 0 Å². The summed E-state index contributed by atoms with van der Waals surface area (Å²) < 4.78 is 5.32. The summed E-state index contributed by atoms with van der Waals surface area (Å²) in [5.74, 6) is 0.773. The van der Waals surface area contributed by atoms with Crippen LogP contribution in [0.4, 0.5) is 0 Å². The number of guanidine groups is 1. The van der Waals surface area contributed by atoms with Gasteiger partial charge in [-0.2, -0.15) is 0 Å². The molecule has 0 saturated heterocycles. The smallest absolute Gasteiger partial charge is 0.251 e. The highest BCUT2D eigenvalue weighted by molar-refractivity contribution is 14.0. The number of carbonyl (C=O) groups is 1. The highest BCUT2D eigenvalue weighted by Gasteiger charge is 2.33. The van der Waals surface area contributed by atoms with Gasteiger partial charge in [0.15, 0.2) is 5.96 Å². The van der Waals surface area contributed by atoms with Crippen LogP contribution in [0.1, 0.15) is 54.9 Å². The average Bonchev–Trinajstić information content (AvgIpc) is 3.17. The normalized spacial score (nSPS) is 15.6. The first-order valence-corrected chi connectivity index (χ1v) is 9.94. The Labute approximate surface area is 186 Å². The third-order valence-electron chi connectivity index (χ3n) is 5.34. The Morgan fingerprint density at radius 3 is 2.43 bits per heavy atom. The van der Waals surface area contributed by atoms with E-state index in [9.17, 15) is 4.79 Å². The molecule has 1 fully saturated rings. The Bertz CT molecular complexity index is 613. The van der Waals surface area contributed by atoms with E-state index >= 15 is 0 Å². The minimum Gasteiger partial charge on any atom is -0.385 e. The van der Waals surface area contributed by atoms with Crippen molar-refractivity contribution in [2.45, 2.75) is 45.6 Å². The van der Waals surface area contributed by atoms with E-state index in [0.717, 1.165) is 37.6 Å². The van der Waals surface area contributed by atoms with E-state index in [1.54, 1.807) is 14.2 Å².